The van der Waals surface area contributed by atoms with Crippen LogP contribution in [0.2, 0.25) is 0 Å². The number of benzene rings is 1. The molecule has 5 heteroatoms. The molecule has 0 aromatic heterocycles. The zero-order valence-corrected chi connectivity index (χ0v) is 10.2. The number of thiol groups is 1. The molecule has 0 atom stereocenters. The summed E-state index contributed by atoms with van der Waals surface area (Å²) in [6, 6.07) is 5.46. The molecule has 0 aliphatic carbocycles. The van der Waals surface area contributed by atoms with E-state index >= 15 is 0 Å². The highest BCUT2D eigenvalue weighted by atomic mass is 32.1. The normalized spacial score (nSPS) is 9.69. The molecule has 0 aliphatic rings. The Bertz CT molecular complexity index is 368. The van der Waals surface area contributed by atoms with E-state index in [0.29, 0.717) is 12.3 Å². The van der Waals surface area contributed by atoms with Gasteiger partial charge in [-0.15, -0.1) is 0 Å². The van der Waals surface area contributed by atoms with Crippen molar-refractivity contribution in [3.8, 4) is 11.5 Å². The van der Waals surface area contributed by atoms with Gasteiger partial charge < -0.3 is 14.8 Å². The summed E-state index contributed by atoms with van der Waals surface area (Å²) in [5.41, 5.74) is 0.901. The largest absolute Gasteiger partial charge is 0.497 e. The van der Waals surface area contributed by atoms with Crippen molar-refractivity contribution in [2.75, 3.05) is 20.0 Å². The maximum absolute atomic E-state index is 11.1. The third-order valence-corrected chi connectivity index (χ3v) is 2.40. The van der Waals surface area contributed by atoms with Gasteiger partial charge in [-0.05, 0) is 12.1 Å². The highest BCUT2D eigenvalue weighted by Gasteiger charge is 2.06. The second-order valence-electron chi connectivity index (χ2n) is 3.11. The number of hydrogen-bond acceptors (Lipinski definition) is 4. The number of methoxy groups -OCH3 is 2. The SMILES string of the molecule is COc1ccc(CNC(=O)CS)c(OC)c1. The summed E-state index contributed by atoms with van der Waals surface area (Å²) in [4.78, 5) is 11.1. The molecule has 1 rings (SSSR count). The fourth-order valence-corrected chi connectivity index (χ4v) is 1.36. The highest BCUT2D eigenvalue weighted by molar-refractivity contribution is 7.81. The van der Waals surface area contributed by atoms with Crippen LogP contribution in [-0.4, -0.2) is 25.9 Å². The van der Waals surface area contributed by atoms with Gasteiger partial charge in [0.2, 0.25) is 5.91 Å². The van der Waals surface area contributed by atoms with Crippen molar-refractivity contribution in [2.24, 2.45) is 0 Å². The number of carbonyl (C=O) groups is 1. The van der Waals surface area contributed by atoms with Gasteiger partial charge in [-0.2, -0.15) is 12.6 Å². The number of nitrogens with one attached hydrogen (secondary N) is 1. The Morgan fingerprint density at radius 1 is 1.38 bits per heavy atom. The van der Waals surface area contributed by atoms with Gasteiger partial charge in [-0.3, -0.25) is 4.79 Å². The molecule has 0 saturated heterocycles. The summed E-state index contributed by atoms with van der Waals surface area (Å²) < 4.78 is 10.3. The Balaban J connectivity index is 2.75. The van der Waals surface area contributed by atoms with Gasteiger partial charge in [0.05, 0.1) is 20.0 Å². The third-order valence-electron chi connectivity index (χ3n) is 2.11. The van der Waals surface area contributed by atoms with Crippen LogP contribution in [0.4, 0.5) is 0 Å². The number of carbonyl (C=O) groups excluding carboxylic acids is 1. The first-order valence-corrected chi connectivity index (χ1v) is 5.43. The van der Waals surface area contributed by atoms with E-state index in [1.165, 1.54) is 0 Å². The molecule has 1 aromatic carbocycles. The monoisotopic (exact) mass is 241 g/mol. The Morgan fingerprint density at radius 2 is 2.12 bits per heavy atom. The lowest BCUT2D eigenvalue weighted by atomic mass is 10.2. The Morgan fingerprint density at radius 3 is 2.69 bits per heavy atom. The van der Waals surface area contributed by atoms with Crippen molar-refractivity contribution in [3.63, 3.8) is 0 Å². The van der Waals surface area contributed by atoms with Crippen LogP contribution in [-0.2, 0) is 11.3 Å². The maximum atomic E-state index is 11.1. The van der Waals surface area contributed by atoms with Crippen LogP contribution in [0, 0.1) is 0 Å². The lowest BCUT2D eigenvalue weighted by molar-refractivity contribution is -0.118. The number of rotatable bonds is 5. The average Bonchev–Trinajstić information content (AvgIpc) is 2.35. The van der Waals surface area contributed by atoms with E-state index in [0.717, 1.165) is 11.3 Å². The van der Waals surface area contributed by atoms with Crippen LogP contribution >= 0.6 is 12.6 Å². The van der Waals surface area contributed by atoms with Crippen molar-refractivity contribution in [3.05, 3.63) is 23.8 Å². The minimum Gasteiger partial charge on any atom is -0.497 e. The Kier molecular flexibility index (Phi) is 4.98. The first-order valence-electron chi connectivity index (χ1n) is 4.79. The zero-order chi connectivity index (χ0) is 12.0. The summed E-state index contributed by atoms with van der Waals surface area (Å²) >= 11 is 3.88. The molecule has 1 aromatic rings. The van der Waals surface area contributed by atoms with E-state index < -0.39 is 0 Å². The molecule has 0 heterocycles. The van der Waals surface area contributed by atoms with Gasteiger partial charge >= 0.3 is 0 Å². The lowest BCUT2D eigenvalue weighted by Crippen LogP contribution is -2.23. The minimum atomic E-state index is -0.110. The molecule has 88 valence electrons. The molecule has 0 spiro atoms. The molecule has 0 aliphatic heterocycles. The molecule has 16 heavy (non-hydrogen) atoms. The molecule has 0 fully saturated rings. The van der Waals surface area contributed by atoms with Crippen molar-refractivity contribution in [1.29, 1.82) is 0 Å². The van der Waals surface area contributed by atoms with Crippen LogP contribution in [0.25, 0.3) is 0 Å². The second-order valence-corrected chi connectivity index (χ2v) is 3.43. The molecule has 0 bridgehead atoms. The highest BCUT2D eigenvalue weighted by Crippen LogP contribution is 2.24. The number of hydrogen-bond donors (Lipinski definition) is 2. The van der Waals surface area contributed by atoms with E-state index in [1.54, 1.807) is 20.3 Å². The predicted molar refractivity (Wildman–Crippen MR) is 65.2 cm³/mol. The van der Waals surface area contributed by atoms with Crippen LogP contribution in [0.5, 0.6) is 11.5 Å². The van der Waals surface area contributed by atoms with E-state index in [-0.39, 0.29) is 11.7 Å². The van der Waals surface area contributed by atoms with Crippen molar-refractivity contribution < 1.29 is 14.3 Å². The first kappa shape index (κ1) is 12.7. The van der Waals surface area contributed by atoms with Crippen LogP contribution in [0.1, 0.15) is 5.56 Å². The summed E-state index contributed by atoms with van der Waals surface area (Å²) in [5, 5.41) is 2.72. The maximum Gasteiger partial charge on any atom is 0.229 e. The molecule has 1 N–H and O–H groups in total. The standard InChI is InChI=1S/C11H15NO3S/c1-14-9-4-3-8(10(5-9)15-2)6-12-11(13)7-16/h3-5,16H,6-7H2,1-2H3,(H,12,13). The van der Waals surface area contributed by atoms with E-state index in [4.69, 9.17) is 9.47 Å². The molecule has 0 unspecified atom stereocenters. The third kappa shape index (κ3) is 3.34. The second kappa shape index (κ2) is 6.27. The predicted octanol–water partition coefficient (Wildman–Crippen LogP) is 1.25. The van der Waals surface area contributed by atoms with Gasteiger partial charge in [-0.1, -0.05) is 0 Å². The van der Waals surface area contributed by atoms with E-state index in [2.05, 4.69) is 17.9 Å². The average molecular weight is 241 g/mol. The summed E-state index contributed by atoms with van der Waals surface area (Å²) in [5.74, 6) is 1.49. The van der Waals surface area contributed by atoms with E-state index in [1.807, 2.05) is 12.1 Å². The Hall–Kier alpha value is -1.36. The molecule has 4 nitrogen and oxygen atoms in total. The van der Waals surface area contributed by atoms with Crippen LogP contribution in [0.3, 0.4) is 0 Å². The molecular formula is C11H15NO3S. The van der Waals surface area contributed by atoms with Crippen LogP contribution < -0.4 is 14.8 Å². The van der Waals surface area contributed by atoms with Gasteiger partial charge in [-0.25, -0.2) is 0 Å². The quantitative estimate of drug-likeness (QED) is 0.763. The molecule has 1 amide bonds. The van der Waals surface area contributed by atoms with Gasteiger partial charge in [0.15, 0.2) is 0 Å². The van der Waals surface area contributed by atoms with Gasteiger partial charge in [0.1, 0.15) is 11.5 Å². The summed E-state index contributed by atoms with van der Waals surface area (Å²) in [6.07, 6.45) is 0. The fourth-order valence-electron chi connectivity index (χ4n) is 1.25. The fraction of sp³-hybridized carbons (Fsp3) is 0.364. The van der Waals surface area contributed by atoms with E-state index in [9.17, 15) is 4.79 Å². The van der Waals surface area contributed by atoms with Crippen molar-refractivity contribution in [1.82, 2.24) is 5.32 Å². The molecular weight excluding hydrogens is 226 g/mol. The number of ether oxygens (including phenoxy) is 2. The minimum absolute atomic E-state index is 0.110. The van der Waals surface area contributed by atoms with Crippen molar-refractivity contribution >= 4 is 18.5 Å². The topological polar surface area (TPSA) is 47.6 Å². The summed E-state index contributed by atoms with van der Waals surface area (Å²) in [6.45, 7) is 0.423. The zero-order valence-electron chi connectivity index (χ0n) is 9.32. The van der Waals surface area contributed by atoms with Gasteiger partial charge in [0, 0.05) is 18.2 Å². The smallest absolute Gasteiger partial charge is 0.229 e. The lowest BCUT2D eigenvalue weighted by Gasteiger charge is -2.10. The Labute approximate surface area is 100 Å². The first-order chi connectivity index (χ1) is 7.71. The van der Waals surface area contributed by atoms with Crippen LogP contribution in [0.15, 0.2) is 18.2 Å². The molecule has 0 saturated carbocycles. The summed E-state index contributed by atoms with van der Waals surface area (Å²) in [7, 11) is 3.18. The number of amides is 1. The van der Waals surface area contributed by atoms with Gasteiger partial charge in [0.25, 0.3) is 0 Å². The van der Waals surface area contributed by atoms with Crippen molar-refractivity contribution in [2.45, 2.75) is 6.54 Å². The molecule has 0 radical (unpaired) electrons.